The van der Waals surface area contributed by atoms with Crippen molar-refractivity contribution in [3.63, 3.8) is 0 Å². The van der Waals surface area contributed by atoms with Gasteiger partial charge in [-0.05, 0) is 46.2 Å². The molecule has 3 aromatic carbocycles. The predicted molar refractivity (Wildman–Crippen MR) is 99.6 cm³/mol. The lowest BCUT2D eigenvalue weighted by molar-refractivity contribution is 0.415. The highest BCUT2D eigenvalue weighted by Gasteiger charge is 2.01. The molecule has 0 unspecified atom stereocenters. The van der Waals surface area contributed by atoms with Crippen molar-refractivity contribution in [3.8, 4) is 11.8 Å². The highest BCUT2D eigenvalue weighted by Crippen LogP contribution is 2.21. The topological polar surface area (TPSA) is 33.0 Å². The maximum atomic E-state index is 9.45. The molecule has 0 saturated heterocycles. The molecule has 0 radical (unpaired) electrons. The zero-order valence-corrected chi connectivity index (χ0v) is 13.4. The van der Waals surface area contributed by atoms with Gasteiger partial charge in [-0.1, -0.05) is 60.7 Å². The Labute approximate surface area is 141 Å². The van der Waals surface area contributed by atoms with E-state index in [2.05, 4.69) is 18.2 Å². The van der Waals surface area contributed by atoms with E-state index in [4.69, 9.17) is 4.74 Å². The summed E-state index contributed by atoms with van der Waals surface area (Å²) < 4.78 is 5.14. The van der Waals surface area contributed by atoms with Gasteiger partial charge in [0.25, 0.3) is 0 Å². The minimum absolute atomic E-state index is 0.644. The Bertz CT molecular complexity index is 944. The van der Waals surface area contributed by atoms with Gasteiger partial charge in [-0.3, -0.25) is 0 Å². The first-order valence-corrected chi connectivity index (χ1v) is 7.72. The van der Waals surface area contributed by atoms with Crippen molar-refractivity contribution in [1.29, 1.82) is 5.26 Å². The first-order chi connectivity index (χ1) is 11.8. The standard InChI is InChI=1S/C22H17NO/c1-24-22-13-9-17(10-14-22)5-4-8-21(16-23)20-12-11-18-6-2-3-7-19(18)15-20/h2-15H,1H3. The fourth-order valence-electron chi connectivity index (χ4n) is 2.53. The smallest absolute Gasteiger partial charge is 0.118 e. The average Bonchev–Trinajstić information content (AvgIpc) is 2.65. The van der Waals surface area contributed by atoms with Gasteiger partial charge in [-0.25, -0.2) is 0 Å². The van der Waals surface area contributed by atoms with Crippen molar-refractivity contribution >= 4 is 22.4 Å². The van der Waals surface area contributed by atoms with E-state index < -0.39 is 0 Å². The molecule has 0 fully saturated rings. The molecule has 0 aliphatic heterocycles. The third-order valence-electron chi connectivity index (χ3n) is 3.85. The molecule has 0 aromatic heterocycles. The van der Waals surface area contributed by atoms with Crippen molar-refractivity contribution < 1.29 is 4.74 Å². The van der Waals surface area contributed by atoms with Crippen LogP contribution < -0.4 is 4.74 Å². The number of rotatable bonds is 4. The van der Waals surface area contributed by atoms with Gasteiger partial charge in [0.15, 0.2) is 0 Å². The molecule has 0 amide bonds. The van der Waals surface area contributed by atoms with Gasteiger partial charge < -0.3 is 4.74 Å². The molecular formula is C22H17NO. The van der Waals surface area contributed by atoms with Crippen LogP contribution in [-0.4, -0.2) is 7.11 Å². The fraction of sp³-hybridized carbons (Fsp3) is 0.0455. The first-order valence-electron chi connectivity index (χ1n) is 7.72. The van der Waals surface area contributed by atoms with Crippen LogP contribution in [0.15, 0.2) is 78.9 Å². The predicted octanol–water partition coefficient (Wildman–Crippen LogP) is 5.47. The summed E-state index contributed by atoms with van der Waals surface area (Å²) in [7, 11) is 1.65. The Balaban J connectivity index is 1.85. The second-order valence-electron chi connectivity index (χ2n) is 5.39. The van der Waals surface area contributed by atoms with Crippen LogP contribution in [0.5, 0.6) is 5.75 Å². The van der Waals surface area contributed by atoms with Crippen LogP contribution in [0.3, 0.4) is 0 Å². The number of nitriles is 1. The maximum Gasteiger partial charge on any atom is 0.118 e. The molecule has 3 rings (SSSR count). The normalized spacial score (nSPS) is 11.6. The monoisotopic (exact) mass is 311 g/mol. The Morgan fingerprint density at radius 3 is 2.42 bits per heavy atom. The third kappa shape index (κ3) is 3.53. The quantitative estimate of drug-likeness (QED) is 0.473. The molecule has 2 heteroatoms. The molecule has 116 valence electrons. The van der Waals surface area contributed by atoms with Crippen LogP contribution in [-0.2, 0) is 0 Å². The zero-order valence-electron chi connectivity index (χ0n) is 13.4. The molecule has 2 nitrogen and oxygen atoms in total. The summed E-state index contributed by atoms with van der Waals surface area (Å²) in [6.07, 6.45) is 5.71. The summed E-state index contributed by atoms with van der Waals surface area (Å²) in [6, 6.07) is 24.3. The van der Waals surface area contributed by atoms with Gasteiger partial charge in [0.2, 0.25) is 0 Å². The lowest BCUT2D eigenvalue weighted by atomic mass is 10.0. The largest absolute Gasteiger partial charge is 0.497 e. The third-order valence-corrected chi connectivity index (χ3v) is 3.85. The Kier molecular flexibility index (Phi) is 4.74. The van der Waals surface area contributed by atoms with Crippen LogP contribution in [0, 0.1) is 11.3 Å². The molecule has 0 N–H and O–H groups in total. The van der Waals surface area contributed by atoms with E-state index in [1.165, 1.54) is 5.39 Å². The minimum Gasteiger partial charge on any atom is -0.497 e. The van der Waals surface area contributed by atoms with Crippen molar-refractivity contribution in [1.82, 2.24) is 0 Å². The average molecular weight is 311 g/mol. The van der Waals surface area contributed by atoms with Gasteiger partial charge in [-0.15, -0.1) is 0 Å². The lowest BCUT2D eigenvalue weighted by Gasteiger charge is -2.02. The van der Waals surface area contributed by atoms with E-state index in [0.717, 1.165) is 22.3 Å². The number of methoxy groups -OCH3 is 1. The minimum atomic E-state index is 0.644. The van der Waals surface area contributed by atoms with Crippen LogP contribution in [0.2, 0.25) is 0 Å². The van der Waals surface area contributed by atoms with Crippen LogP contribution in [0.4, 0.5) is 0 Å². The number of ether oxygens (including phenoxy) is 1. The Hall–Kier alpha value is -3.31. The van der Waals surface area contributed by atoms with Crippen LogP contribution >= 0.6 is 0 Å². The lowest BCUT2D eigenvalue weighted by Crippen LogP contribution is -1.82. The van der Waals surface area contributed by atoms with Crippen molar-refractivity contribution in [3.05, 3.63) is 90.0 Å². The zero-order chi connectivity index (χ0) is 16.8. The fourth-order valence-corrected chi connectivity index (χ4v) is 2.53. The molecule has 0 aliphatic carbocycles. The number of fused-ring (bicyclic) bond motifs is 1. The van der Waals surface area contributed by atoms with E-state index in [1.807, 2.05) is 72.8 Å². The van der Waals surface area contributed by atoms with E-state index in [9.17, 15) is 5.26 Å². The molecule has 0 atom stereocenters. The summed E-state index contributed by atoms with van der Waals surface area (Å²) >= 11 is 0. The van der Waals surface area contributed by atoms with Gasteiger partial charge >= 0.3 is 0 Å². The van der Waals surface area contributed by atoms with Crippen LogP contribution in [0.1, 0.15) is 11.1 Å². The molecular weight excluding hydrogens is 294 g/mol. The summed E-state index contributed by atoms with van der Waals surface area (Å²) in [6.45, 7) is 0. The van der Waals surface area contributed by atoms with E-state index >= 15 is 0 Å². The van der Waals surface area contributed by atoms with Gasteiger partial charge in [0.1, 0.15) is 5.75 Å². The highest BCUT2D eigenvalue weighted by atomic mass is 16.5. The van der Waals surface area contributed by atoms with E-state index in [-0.39, 0.29) is 0 Å². The summed E-state index contributed by atoms with van der Waals surface area (Å²) in [5, 5.41) is 11.8. The molecule has 24 heavy (non-hydrogen) atoms. The summed E-state index contributed by atoms with van der Waals surface area (Å²) in [5.41, 5.74) is 2.63. The molecule has 0 heterocycles. The SMILES string of the molecule is COc1ccc(C=CC=C(C#N)c2ccc3ccccc3c2)cc1. The number of hydrogen-bond acceptors (Lipinski definition) is 2. The number of nitrogens with zero attached hydrogens (tertiary/aromatic N) is 1. The second kappa shape index (κ2) is 7.30. The highest BCUT2D eigenvalue weighted by molar-refractivity contribution is 5.89. The first kappa shape index (κ1) is 15.6. The molecule has 0 spiro atoms. The maximum absolute atomic E-state index is 9.45. The molecule has 0 saturated carbocycles. The Morgan fingerprint density at radius 2 is 1.71 bits per heavy atom. The molecule has 3 aromatic rings. The van der Waals surface area contributed by atoms with Gasteiger partial charge in [0, 0.05) is 0 Å². The van der Waals surface area contributed by atoms with Gasteiger partial charge in [0.05, 0.1) is 18.8 Å². The molecule has 0 bridgehead atoms. The van der Waals surface area contributed by atoms with E-state index in [0.29, 0.717) is 5.57 Å². The van der Waals surface area contributed by atoms with Crippen molar-refractivity contribution in [2.45, 2.75) is 0 Å². The van der Waals surface area contributed by atoms with Crippen molar-refractivity contribution in [2.24, 2.45) is 0 Å². The second-order valence-corrected chi connectivity index (χ2v) is 5.39. The molecule has 0 aliphatic rings. The van der Waals surface area contributed by atoms with Gasteiger partial charge in [-0.2, -0.15) is 5.26 Å². The summed E-state index contributed by atoms with van der Waals surface area (Å²) in [5.74, 6) is 0.830. The van der Waals surface area contributed by atoms with Crippen LogP contribution in [0.25, 0.3) is 22.4 Å². The van der Waals surface area contributed by atoms with Crippen molar-refractivity contribution in [2.75, 3.05) is 7.11 Å². The number of hydrogen-bond donors (Lipinski definition) is 0. The summed E-state index contributed by atoms with van der Waals surface area (Å²) in [4.78, 5) is 0. The Morgan fingerprint density at radius 1 is 0.958 bits per heavy atom. The number of allylic oxidation sites excluding steroid dienone is 3. The number of benzene rings is 3. The van der Waals surface area contributed by atoms with E-state index in [1.54, 1.807) is 7.11 Å².